The van der Waals surface area contributed by atoms with Crippen LogP contribution in [0.5, 0.6) is 0 Å². The minimum Gasteiger partial charge on any atom is -0.449 e. The molecule has 6 nitrogen and oxygen atoms in total. The molecule has 3 aromatic rings. The van der Waals surface area contributed by atoms with E-state index in [0.717, 1.165) is 60.2 Å². The summed E-state index contributed by atoms with van der Waals surface area (Å²) in [5, 5.41) is 4.44. The number of nitrogens with one attached hydrogen (secondary N) is 1. The quantitative estimate of drug-likeness (QED) is 0.375. The molecule has 1 saturated heterocycles. The second-order valence-electron chi connectivity index (χ2n) is 7.65. The first kappa shape index (κ1) is 21.7. The van der Waals surface area contributed by atoms with Crippen molar-refractivity contribution in [2.75, 3.05) is 31.6 Å². The Morgan fingerprint density at radius 1 is 1.16 bits per heavy atom. The highest BCUT2D eigenvalue weighted by Gasteiger charge is 2.25. The topological polar surface area (TPSA) is 71.5 Å². The molecule has 1 aromatic heterocycles. The molecule has 1 aliphatic rings. The van der Waals surface area contributed by atoms with Crippen LogP contribution in [0, 0.1) is 5.92 Å². The number of likely N-dealkylation sites (tertiary alicyclic amines) is 1. The number of carbonyl (C=O) groups is 2. The van der Waals surface area contributed by atoms with Gasteiger partial charge in [0.15, 0.2) is 5.78 Å². The molecule has 8 heteroatoms. The monoisotopic (exact) mass is 457 g/mol. The number of amides is 1. The smallest absolute Gasteiger partial charge is 0.411 e. The van der Waals surface area contributed by atoms with E-state index in [9.17, 15) is 9.59 Å². The summed E-state index contributed by atoms with van der Waals surface area (Å²) in [6, 6.07) is 12.8. The molecule has 0 aliphatic carbocycles. The van der Waals surface area contributed by atoms with Gasteiger partial charge in [0.25, 0.3) is 0 Å². The maximum atomic E-state index is 12.6. The molecule has 1 fully saturated rings. The van der Waals surface area contributed by atoms with Crippen molar-refractivity contribution in [2.45, 2.75) is 19.3 Å². The molecular formula is C23H24ClN3O3S. The summed E-state index contributed by atoms with van der Waals surface area (Å²) < 4.78 is 10.4. The van der Waals surface area contributed by atoms with E-state index < -0.39 is 6.09 Å². The minimum atomic E-state index is -0.451. The number of halogens is 1. The summed E-state index contributed by atoms with van der Waals surface area (Å²) in [4.78, 5) is 27.1. The molecule has 2 aromatic carbocycles. The van der Waals surface area contributed by atoms with Crippen LogP contribution in [0.25, 0.3) is 10.1 Å². The van der Waals surface area contributed by atoms with Crippen molar-refractivity contribution < 1.29 is 14.3 Å². The number of hydrogen-bond donors (Lipinski definition) is 1. The predicted molar refractivity (Wildman–Crippen MR) is 124 cm³/mol. The average Bonchev–Trinajstić information content (AvgIpc) is 3.27. The van der Waals surface area contributed by atoms with Crippen LogP contribution in [0.15, 0.2) is 48.7 Å². The van der Waals surface area contributed by atoms with Crippen molar-refractivity contribution >= 4 is 50.8 Å². The second kappa shape index (κ2) is 10.2. The fourth-order valence-electron chi connectivity index (χ4n) is 3.86. The van der Waals surface area contributed by atoms with Crippen LogP contribution in [-0.4, -0.2) is 47.4 Å². The molecule has 0 radical (unpaired) electrons. The third-order valence-electron chi connectivity index (χ3n) is 5.56. The van der Waals surface area contributed by atoms with Gasteiger partial charge in [-0.2, -0.15) is 4.37 Å². The van der Waals surface area contributed by atoms with Gasteiger partial charge in [-0.05, 0) is 74.2 Å². The van der Waals surface area contributed by atoms with Crippen molar-refractivity contribution in [3.63, 3.8) is 0 Å². The van der Waals surface area contributed by atoms with Crippen molar-refractivity contribution in [1.29, 1.82) is 0 Å². The summed E-state index contributed by atoms with van der Waals surface area (Å²) in [6.07, 6.45) is 3.79. The lowest BCUT2D eigenvalue weighted by molar-refractivity contribution is 0.0830. The van der Waals surface area contributed by atoms with Crippen LogP contribution in [0.4, 0.5) is 10.5 Å². The SMILES string of the molecule is O=C(Nc1cccc2cnsc12)OCCCN1CCC(C(=O)c2ccc(Cl)cc2)CC1. The van der Waals surface area contributed by atoms with E-state index in [1.54, 1.807) is 30.5 Å². The lowest BCUT2D eigenvalue weighted by Gasteiger charge is -2.31. The second-order valence-corrected chi connectivity index (χ2v) is 8.89. The average molecular weight is 458 g/mol. The van der Waals surface area contributed by atoms with Gasteiger partial charge in [0.2, 0.25) is 0 Å². The van der Waals surface area contributed by atoms with Gasteiger partial charge in [-0.1, -0.05) is 23.7 Å². The minimum absolute atomic E-state index is 0.0638. The molecule has 0 saturated carbocycles. The number of piperidine rings is 1. The number of fused-ring (bicyclic) bond motifs is 1. The molecule has 162 valence electrons. The van der Waals surface area contributed by atoms with Gasteiger partial charge >= 0.3 is 6.09 Å². The number of ketones is 1. The van der Waals surface area contributed by atoms with E-state index in [1.165, 1.54) is 11.5 Å². The van der Waals surface area contributed by atoms with E-state index in [-0.39, 0.29) is 11.7 Å². The van der Waals surface area contributed by atoms with Crippen molar-refractivity contribution in [1.82, 2.24) is 9.27 Å². The molecule has 1 amide bonds. The van der Waals surface area contributed by atoms with Gasteiger partial charge in [-0.3, -0.25) is 10.1 Å². The van der Waals surface area contributed by atoms with Crippen molar-refractivity contribution in [2.24, 2.45) is 5.92 Å². The lowest BCUT2D eigenvalue weighted by atomic mass is 9.89. The number of Topliss-reactive ketones (excluding diaryl/α,β-unsaturated/α-hetero) is 1. The van der Waals surface area contributed by atoms with Gasteiger partial charge in [-0.25, -0.2) is 4.79 Å². The summed E-state index contributed by atoms with van der Waals surface area (Å²) in [5.74, 6) is 0.265. The fraction of sp³-hybridized carbons (Fsp3) is 0.348. The molecule has 4 rings (SSSR count). The largest absolute Gasteiger partial charge is 0.449 e. The van der Waals surface area contributed by atoms with Gasteiger partial charge in [0.05, 0.1) is 17.0 Å². The summed E-state index contributed by atoms with van der Waals surface area (Å²) in [7, 11) is 0. The van der Waals surface area contributed by atoms with E-state index >= 15 is 0 Å². The maximum absolute atomic E-state index is 12.6. The third-order valence-corrected chi connectivity index (χ3v) is 6.66. The fourth-order valence-corrected chi connectivity index (χ4v) is 4.70. The molecule has 1 aliphatic heterocycles. The van der Waals surface area contributed by atoms with Crippen LogP contribution >= 0.6 is 23.1 Å². The Balaban J connectivity index is 1.15. The van der Waals surface area contributed by atoms with Crippen molar-refractivity contribution in [3.05, 3.63) is 59.2 Å². The number of anilines is 1. The lowest BCUT2D eigenvalue weighted by Crippen LogP contribution is -2.37. The van der Waals surface area contributed by atoms with Gasteiger partial charge < -0.3 is 9.64 Å². The third kappa shape index (κ3) is 5.61. The van der Waals surface area contributed by atoms with Gasteiger partial charge in [0, 0.05) is 34.6 Å². The van der Waals surface area contributed by atoms with E-state index in [0.29, 0.717) is 11.6 Å². The standard InChI is InChI=1S/C23H24ClN3O3S/c24-19-7-5-16(6-8-19)21(28)17-9-12-27(13-10-17)11-2-14-30-23(29)26-20-4-1-3-18-15-25-31-22(18)20/h1,3-8,15,17H,2,9-14H2,(H,26,29). The van der Waals surface area contributed by atoms with Gasteiger partial charge in [0.1, 0.15) is 0 Å². The highest BCUT2D eigenvalue weighted by molar-refractivity contribution is 7.14. The van der Waals surface area contributed by atoms with Crippen molar-refractivity contribution in [3.8, 4) is 0 Å². The number of aromatic nitrogens is 1. The van der Waals surface area contributed by atoms with E-state index in [4.69, 9.17) is 16.3 Å². The number of rotatable bonds is 7. The molecule has 2 heterocycles. The number of hydrogen-bond acceptors (Lipinski definition) is 6. The van der Waals surface area contributed by atoms with Crippen LogP contribution in [0.2, 0.25) is 5.02 Å². The summed E-state index contributed by atoms with van der Waals surface area (Å²) >= 11 is 7.25. The van der Waals surface area contributed by atoms with Crippen LogP contribution in [0.1, 0.15) is 29.6 Å². The molecule has 0 unspecified atom stereocenters. The Morgan fingerprint density at radius 3 is 2.71 bits per heavy atom. The first-order chi connectivity index (χ1) is 15.1. The maximum Gasteiger partial charge on any atom is 0.411 e. The molecule has 0 spiro atoms. The number of carbonyl (C=O) groups excluding carboxylic acids is 2. The summed E-state index contributed by atoms with van der Waals surface area (Å²) in [5.41, 5.74) is 1.45. The highest BCUT2D eigenvalue weighted by atomic mass is 35.5. The normalized spacial score (nSPS) is 15.1. The Morgan fingerprint density at radius 2 is 1.94 bits per heavy atom. The molecular weight excluding hydrogens is 434 g/mol. The summed E-state index contributed by atoms with van der Waals surface area (Å²) in [6.45, 7) is 2.96. The number of ether oxygens (including phenoxy) is 1. The molecule has 31 heavy (non-hydrogen) atoms. The van der Waals surface area contributed by atoms with E-state index in [1.807, 2.05) is 18.2 Å². The predicted octanol–water partition coefficient (Wildman–Crippen LogP) is 5.48. The Bertz CT molecular complexity index is 1050. The van der Waals surface area contributed by atoms with Crippen LogP contribution in [-0.2, 0) is 4.74 Å². The molecule has 0 atom stereocenters. The molecule has 0 bridgehead atoms. The molecule has 1 N–H and O–H groups in total. The number of nitrogens with zero attached hydrogens (tertiary/aromatic N) is 2. The van der Waals surface area contributed by atoms with Crippen LogP contribution in [0.3, 0.4) is 0 Å². The Hall–Kier alpha value is -2.48. The Kier molecular flexibility index (Phi) is 7.17. The Labute approximate surface area is 190 Å². The zero-order valence-corrected chi connectivity index (χ0v) is 18.6. The zero-order chi connectivity index (χ0) is 21.6. The zero-order valence-electron chi connectivity index (χ0n) is 17.1. The van der Waals surface area contributed by atoms with Crippen LogP contribution < -0.4 is 5.32 Å². The van der Waals surface area contributed by atoms with E-state index in [2.05, 4.69) is 14.6 Å². The first-order valence-corrected chi connectivity index (χ1v) is 11.5. The van der Waals surface area contributed by atoms with Gasteiger partial charge in [-0.15, -0.1) is 0 Å². The first-order valence-electron chi connectivity index (χ1n) is 10.4. The number of benzene rings is 2. The highest BCUT2D eigenvalue weighted by Crippen LogP contribution is 2.27.